The van der Waals surface area contributed by atoms with Gasteiger partial charge in [0.25, 0.3) is 0 Å². The minimum Gasteiger partial charge on any atom is -0.497 e. The summed E-state index contributed by atoms with van der Waals surface area (Å²) in [6.07, 6.45) is 0. The van der Waals surface area contributed by atoms with E-state index in [0.717, 1.165) is 17.6 Å². The molecule has 0 aliphatic carbocycles. The van der Waals surface area contributed by atoms with Gasteiger partial charge in [-0.3, -0.25) is 0 Å². The van der Waals surface area contributed by atoms with Crippen LogP contribution in [-0.4, -0.2) is 26.0 Å². The Morgan fingerprint density at radius 1 is 1.24 bits per heavy atom. The lowest BCUT2D eigenvalue weighted by molar-refractivity contribution is 0.414. The van der Waals surface area contributed by atoms with E-state index in [4.69, 9.17) is 4.74 Å². The van der Waals surface area contributed by atoms with Crippen molar-refractivity contribution < 1.29 is 4.74 Å². The molecule has 0 spiro atoms. The van der Waals surface area contributed by atoms with E-state index >= 15 is 0 Å². The molecule has 2 nitrogen and oxygen atoms in total. The highest BCUT2D eigenvalue weighted by molar-refractivity contribution is 9.09. The van der Waals surface area contributed by atoms with E-state index in [1.54, 1.807) is 7.11 Å². The van der Waals surface area contributed by atoms with Crippen LogP contribution in [0.15, 0.2) is 24.3 Å². The first-order valence-electron chi connectivity index (χ1n) is 5.99. The lowest BCUT2D eigenvalue weighted by atomic mass is 9.97. The van der Waals surface area contributed by atoms with Crippen molar-refractivity contribution in [3.8, 4) is 5.75 Å². The molecule has 0 aromatic heterocycles. The molecule has 0 saturated carbocycles. The Morgan fingerprint density at radius 2 is 1.82 bits per heavy atom. The topological polar surface area (TPSA) is 12.5 Å². The maximum atomic E-state index is 5.16. The van der Waals surface area contributed by atoms with E-state index in [0.29, 0.717) is 11.8 Å². The van der Waals surface area contributed by atoms with Crippen LogP contribution in [0.3, 0.4) is 0 Å². The first-order chi connectivity index (χ1) is 8.08. The molecule has 0 radical (unpaired) electrons. The molecule has 1 rings (SSSR count). The Kier molecular flexibility index (Phi) is 5.83. The van der Waals surface area contributed by atoms with Crippen LogP contribution < -0.4 is 9.64 Å². The van der Waals surface area contributed by atoms with Gasteiger partial charge in [0.15, 0.2) is 0 Å². The van der Waals surface area contributed by atoms with Gasteiger partial charge in [0.1, 0.15) is 5.75 Å². The number of methoxy groups -OCH3 is 1. The van der Waals surface area contributed by atoms with E-state index < -0.39 is 0 Å². The van der Waals surface area contributed by atoms with Crippen molar-refractivity contribution in [1.82, 2.24) is 0 Å². The molecule has 0 N–H and O–H groups in total. The van der Waals surface area contributed by atoms with E-state index in [-0.39, 0.29) is 0 Å². The van der Waals surface area contributed by atoms with Gasteiger partial charge in [-0.1, -0.05) is 29.8 Å². The standard InChI is InChI=1S/C14H22BrNO/c1-11(2)12(9-15)10-16(3)13-5-7-14(17-4)8-6-13/h5-8,11-12H,9-10H2,1-4H3. The first-order valence-corrected chi connectivity index (χ1v) is 7.11. The number of hydrogen-bond acceptors (Lipinski definition) is 2. The van der Waals surface area contributed by atoms with Crippen molar-refractivity contribution in [2.24, 2.45) is 11.8 Å². The molecule has 1 atom stereocenters. The minimum absolute atomic E-state index is 0.669. The van der Waals surface area contributed by atoms with Crippen LogP contribution >= 0.6 is 15.9 Å². The van der Waals surface area contributed by atoms with Gasteiger partial charge < -0.3 is 9.64 Å². The highest BCUT2D eigenvalue weighted by atomic mass is 79.9. The average Bonchev–Trinajstić information content (AvgIpc) is 2.35. The highest BCUT2D eigenvalue weighted by Crippen LogP contribution is 2.21. The van der Waals surface area contributed by atoms with Crippen LogP contribution in [0.2, 0.25) is 0 Å². The summed E-state index contributed by atoms with van der Waals surface area (Å²) in [5, 5.41) is 1.05. The summed E-state index contributed by atoms with van der Waals surface area (Å²) >= 11 is 3.59. The fraction of sp³-hybridized carbons (Fsp3) is 0.571. The fourth-order valence-electron chi connectivity index (χ4n) is 1.73. The third-order valence-electron chi connectivity index (χ3n) is 3.16. The van der Waals surface area contributed by atoms with Crippen molar-refractivity contribution >= 4 is 21.6 Å². The molecule has 0 aliphatic heterocycles. The molecular weight excluding hydrogens is 278 g/mol. The Bertz CT molecular complexity index is 323. The van der Waals surface area contributed by atoms with E-state index in [1.165, 1.54) is 5.69 Å². The van der Waals surface area contributed by atoms with Crippen LogP contribution in [0.1, 0.15) is 13.8 Å². The van der Waals surface area contributed by atoms with Crippen molar-refractivity contribution in [3.05, 3.63) is 24.3 Å². The third-order valence-corrected chi connectivity index (χ3v) is 3.99. The van der Waals surface area contributed by atoms with Gasteiger partial charge in [-0.2, -0.15) is 0 Å². The zero-order valence-corrected chi connectivity index (χ0v) is 12.7. The Hall–Kier alpha value is -0.700. The summed E-state index contributed by atoms with van der Waals surface area (Å²) < 4.78 is 5.16. The van der Waals surface area contributed by atoms with E-state index in [9.17, 15) is 0 Å². The second-order valence-corrected chi connectivity index (χ2v) is 5.38. The van der Waals surface area contributed by atoms with Crippen molar-refractivity contribution in [3.63, 3.8) is 0 Å². The number of anilines is 1. The summed E-state index contributed by atoms with van der Waals surface area (Å²) in [6, 6.07) is 8.21. The van der Waals surface area contributed by atoms with Crippen LogP contribution in [0.25, 0.3) is 0 Å². The lowest BCUT2D eigenvalue weighted by Gasteiger charge is -2.27. The second-order valence-electron chi connectivity index (χ2n) is 4.74. The number of nitrogens with zero attached hydrogens (tertiary/aromatic N) is 1. The largest absolute Gasteiger partial charge is 0.497 e. The summed E-state index contributed by atoms with van der Waals surface area (Å²) in [6.45, 7) is 5.61. The number of benzene rings is 1. The molecular formula is C14H22BrNO. The smallest absolute Gasteiger partial charge is 0.119 e. The SMILES string of the molecule is COc1ccc(N(C)CC(CBr)C(C)C)cc1. The van der Waals surface area contributed by atoms with E-state index in [1.807, 2.05) is 12.1 Å². The number of halogens is 1. The molecule has 0 saturated heterocycles. The minimum atomic E-state index is 0.669. The average molecular weight is 300 g/mol. The first kappa shape index (κ1) is 14.4. The predicted octanol–water partition coefficient (Wildman–Crippen LogP) is 3.80. The molecule has 3 heteroatoms. The molecule has 96 valence electrons. The predicted molar refractivity (Wildman–Crippen MR) is 78.4 cm³/mol. The molecule has 17 heavy (non-hydrogen) atoms. The van der Waals surface area contributed by atoms with Gasteiger partial charge in [0, 0.05) is 24.6 Å². The molecule has 0 amide bonds. The molecule has 0 fully saturated rings. The monoisotopic (exact) mass is 299 g/mol. The summed E-state index contributed by atoms with van der Waals surface area (Å²) in [7, 11) is 3.83. The van der Waals surface area contributed by atoms with Gasteiger partial charge in [-0.05, 0) is 36.1 Å². The quantitative estimate of drug-likeness (QED) is 0.741. The zero-order chi connectivity index (χ0) is 12.8. The number of alkyl halides is 1. The highest BCUT2D eigenvalue weighted by Gasteiger charge is 2.14. The van der Waals surface area contributed by atoms with Crippen LogP contribution in [0.4, 0.5) is 5.69 Å². The van der Waals surface area contributed by atoms with Crippen molar-refractivity contribution in [2.45, 2.75) is 13.8 Å². The summed E-state index contributed by atoms with van der Waals surface area (Å²) in [5.41, 5.74) is 1.23. The number of hydrogen-bond donors (Lipinski definition) is 0. The van der Waals surface area contributed by atoms with E-state index in [2.05, 4.69) is 53.9 Å². The molecule has 0 bridgehead atoms. The van der Waals surface area contributed by atoms with Gasteiger partial charge in [0.2, 0.25) is 0 Å². The third kappa shape index (κ3) is 4.23. The van der Waals surface area contributed by atoms with Crippen LogP contribution in [0, 0.1) is 11.8 Å². The zero-order valence-electron chi connectivity index (χ0n) is 11.1. The Morgan fingerprint density at radius 3 is 2.24 bits per heavy atom. The van der Waals surface area contributed by atoms with Crippen molar-refractivity contribution in [1.29, 1.82) is 0 Å². The van der Waals surface area contributed by atoms with Crippen LogP contribution in [0.5, 0.6) is 5.75 Å². The van der Waals surface area contributed by atoms with Gasteiger partial charge in [-0.25, -0.2) is 0 Å². The molecule has 0 heterocycles. The maximum Gasteiger partial charge on any atom is 0.119 e. The molecule has 1 aromatic rings. The molecule has 0 aliphatic rings. The van der Waals surface area contributed by atoms with Crippen LogP contribution in [-0.2, 0) is 0 Å². The Labute approximate surface area is 113 Å². The fourth-order valence-corrected chi connectivity index (χ4v) is 2.68. The molecule has 1 aromatic carbocycles. The lowest BCUT2D eigenvalue weighted by Crippen LogP contribution is -2.29. The summed E-state index contributed by atoms with van der Waals surface area (Å²) in [4.78, 5) is 2.30. The van der Waals surface area contributed by atoms with Gasteiger partial charge in [-0.15, -0.1) is 0 Å². The molecule has 1 unspecified atom stereocenters. The van der Waals surface area contributed by atoms with Crippen molar-refractivity contribution in [2.75, 3.05) is 30.9 Å². The Balaban J connectivity index is 2.65. The normalized spacial score (nSPS) is 12.6. The number of rotatable bonds is 6. The summed E-state index contributed by atoms with van der Waals surface area (Å²) in [5.74, 6) is 2.26. The number of ether oxygens (including phenoxy) is 1. The maximum absolute atomic E-state index is 5.16. The van der Waals surface area contributed by atoms with Gasteiger partial charge >= 0.3 is 0 Å². The second kappa shape index (κ2) is 6.90. The van der Waals surface area contributed by atoms with Gasteiger partial charge in [0.05, 0.1) is 7.11 Å².